The van der Waals surface area contributed by atoms with Crippen LogP contribution in [0, 0.1) is 0 Å². The topological polar surface area (TPSA) is 42.4 Å². The largest absolute Gasteiger partial charge is 0.493 e. The van der Waals surface area contributed by atoms with Crippen LogP contribution in [-0.4, -0.2) is 16.7 Å². The van der Waals surface area contributed by atoms with Gasteiger partial charge in [0, 0.05) is 24.4 Å². The monoisotopic (exact) mass is 257 g/mol. The van der Waals surface area contributed by atoms with E-state index in [4.69, 9.17) is 4.74 Å². The van der Waals surface area contributed by atoms with Crippen molar-refractivity contribution in [3.05, 3.63) is 59.9 Å². The molecule has 1 atom stereocenters. The van der Waals surface area contributed by atoms with E-state index < -0.39 is 6.10 Å². The van der Waals surface area contributed by atoms with E-state index in [-0.39, 0.29) is 0 Å². The maximum absolute atomic E-state index is 10.4. The lowest BCUT2D eigenvalue weighted by Crippen LogP contribution is -2.06. The van der Waals surface area contributed by atoms with Crippen molar-refractivity contribution in [1.82, 2.24) is 4.98 Å². The highest BCUT2D eigenvalue weighted by molar-refractivity contribution is 5.36. The van der Waals surface area contributed by atoms with E-state index in [0.717, 1.165) is 23.3 Å². The minimum atomic E-state index is -0.560. The first-order valence-electron chi connectivity index (χ1n) is 6.60. The number of aromatic nitrogens is 1. The molecule has 100 valence electrons. The Bertz CT molecular complexity index is 499. The summed E-state index contributed by atoms with van der Waals surface area (Å²) in [6, 6.07) is 11.5. The number of para-hydroxylation sites is 1. The molecule has 0 radical (unpaired) electrons. The Hall–Kier alpha value is -1.87. The minimum absolute atomic E-state index is 0.560. The lowest BCUT2D eigenvalue weighted by atomic mass is 10.0. The third-order valence-corrected chi connectivity index (χ3v) is 2.92. The zero-order valence-electron chi connectivity index (χ0n) is 11.1. The van der Waals surface area contributed by atoms with Gasteiger partial charge in [0.25, 0.3) is 0 Å². The molecule has 2 aromatic rings. The van der Waals surface area contributed by atoms with Crippen molar-refractivity contribution in [2.45, 2.75) is 25.9 Å². The Morgan fingerprint density at radius 1 is 1.16 bits per heavy atom. The van der Waals surface area contributed by atoms with E-state index in [1.54, 1.807) is 12.4 Å². The van der Waals surface area contributed by atoms with Crippen molar-refractivity contribution in [2.75, 3.05) is 6.61 Å². The molecular weight excluding hydrogens is 238 g/mol. The highest BCUT2D eigenvalue weighted by Crippen LogP contribution is 2.27. The summed E-state index contributed by atoms with van der Waals surface area (Å²) in [6.45, 7) is 2.73. The minimum Gasteiger partial charge on any atom is -0.493 e. The molecule has 0 aliphatic rings. The van der Waals surface area contributed by atoms with E-state index in [9.17, 15) is 5.11 Å². The average molecular weight is 257 g/mol. The number of nitrogens with zero attached hydrogens (tertiary/aromatic N) is 1. The first-order valence-corrected chi connectivity index (χ1v) is 6.60. The van der Waals surface area contributed by atoms with Gasteiger partial charge in [-0.15, -0.1) is 0 Å². The first-order chi connectivity index (χ1) is 9.31. The molecule has 1 aromatic carbocycles. The summed E-state index contributed by atoms with van der Waals surface area (Å²) in [5, 5.41) is 10.4. The van der Waals surface area contributed by atoms with Gasteiger partial charge in [-0.3, -0.25) is 4.98 Å². The van der Waals surface area contributed by atoms with Crippen LogP contribution >= 0.6 is 0 Å². The van der Waals surface area contributed by atoms with Crippen molar-refractivity contribution < 1.29 is 9.84 Å². The Kier molecular flexibility index (Phi) is 4.93. The van der Waals surface area contributed by atoms with Gasteiger partial charge in [0.2, 0.25) is 0 Å². The number of benzene rings is 1. The maximum Gasteiger partial charge on any atom is 0.125 e. The molecule has 0 saturated carbocycles. The summed E-state index contributed by atoms with van der Waals surface area (Å²) in [7, 11) is 0. The number of pyridine rings is 1. The smallest absolute Gasteiger partial charge is 0.125 e. The maximum atomic E-state index is 10.4. The zero-order valence-corrected chi connectivity index (χ0v) is 11.1. The summed E-state index contributed by atoms with van der Waals surface area (Å²) in [4.78, 5) is 3.98. The van der Waals surface area contributed by atoms with Gasteiger partial charge in [-0.05, 0) is 30.2 Å². The number of aliphatic hydroxyl groups is 1. The van der Waals surface area contributed by atoms with Crippen LogP contribution in [0.25, 0.3) is 0 Å². The van der Waals surface area contributed by atoms with Crippen LogP contribution in [0.5, 0.6) is 5.75 Å². The molecule has 19 heavy (non-hydrogen) atoms. The number of hydrogen-bond acceptors (Lipinski definition) is 3. The average Bonchev–Trinajstić information content (AvgIpc) is 2.46. The highest BCUT2D eigenvalue weighted by atomic mass is 16.5. The van der Waals surface area contributed by atoms with Gasteiger partial charge in [0.05, 0.1) is 12.7 Å². The van der Waals surface area contributed by atoms with E-state index >= 15 is 0 Å². The quantitative estimate of drug-likeness (QED) is 0.864. The number of aliphatic hydroxyl groups excluding tert-OH is 1. The normalized spacial score (nSPS) is 12.1. The molecule has 0 amide bonds. The second kappa shape index (κ2) is 6.90. The molecule has 0 spiro atoms. The van der Waals surface area contributed by atoms with Crippen molar-refractivity contribution in [2.24, 2.45) is 0 Å². The molecule has 1 heterocycles. The van der Waals surface area contributed by atoms with Gasteiger partial charge in [-0.25, -0.2) is 0 Å². The van der Waals surface area contributed by atoms with Crippen molar-refractivity contribution in [1.29, 1.82) is 0 Å². The summed E-state index contributed by atoms with van der Waals surface area (Å²) < 4.78 is 5.67. The lowest BCUT2D eigenvalue weighted by molar-refractivity contribution is 0.171. The predicted molar refractivity (Wildman–Crippen MR) is 75.1 cm³/mol. The molecule has 0 saturated heterocycles. The molecule has 1 aromatic heterocycles. The molecule has 1 unspecified atom stereocenters. The van der Waals surface area contributed by atoms with Gasteiger partial charge in [-0.1, -0.05) is 25.1 Å². The Balaban J connectivity index is 2.12. The molecule has 3 nitrogen and oxygen atoms in total. The van der Waals surface area contributed by atoms with Crippen LogP contribution in [0.2, 0.25) is 0 Å². The third-order valence-electron chi connectivity index (χ3n) is 2.92. The second-order valence-electron chi connectivity index (χ2n) is 4.46. The SMILES string of the molecule is CCCOc1ccccc1C(O)Cc1ccncc1. The van der Waals surface area contributed by atoms with Crippen LogP contribution in [0.1, 0.15) is 30.6 Å². The standard InChI is InChI=1S/C16H19NO2/c1-2-11-19-16-6-4-3-5-14(16)15(18)12-13-7-9-17-10-8-13/h3-10,15,18H,2,11-12H2,1H3. The van der Waals surface area contributed by atoms with Crippen molar-refractivity contribution in [3.63, 3.8) is 0 Å². The van der Waals surface area contributed by atoms with Crippen molar-refractivity contribution >= 4 is 0 Å². The number of hydrogen-bond donors (Lipinski definition) is 1. The molecule has 0 fully saturated rings. The Morgan fingerprint density at radius 3 is 2.63 bits per heavy atom. The first kappa shape index (κ1) is 13.6. The summed E-state index contributed by atoms with van der Waals surface area (Å²) >= 11 is 0. The van der Waals surface area contributed by atoms with Crippen LogP contribution in [0.15, 0.2) is 48.8 Å². The highest BCUT2D eigenvalue weighted by Gasteiger charge is 2.13. The van der Waals surface area contributed by atoms with Crippen LogP contribution in [0.3, 0.4) is 0 Å². The summed E-state index contributed by atoms with van der Waals surface area (Å²) in [5.41, 5.74) is 1.90. The number of ether oxygens (including phenoxy) is 1. The fraction of sp³-hybridized carbons (Fsp3) is 0.312. The second-order valence-corrected chi connectivity index (χ2v) is 4.46. The van der Waals surface area contributed by atoms with Gasteiger partial charge in [0.1, 0.15) is 5.75 Å². The van der Waals surface area contributed by atoms with E-state index in [0.29, 0.717) is 13.0 Å². The summed E-state index contributed by atoms with van der Waals surface area (Å²) in [6.07, 6.45) is 4.43. The van der Waals surface area contributed by atoms with Crippen molar-refractivity contribution in [3.8, 4) is 5.75 Å². The molecule has 0 bridgehead atoms. The molecule has 1 N–H and O–H groups in total. The Morgan fingerprint density at radius 2 is 1.89 bits per heavy atom. The van der Waals surface area contributed by atoms with Gasteiger partial charge >= 0.3 is 0 Å². The lowest BCUT2D eigenvalue weighted by Gasteiger charge is -2.16. The number of rotatable bonds is 6. The summed E-state index contributed by atoms with van der Waals surface area (Å²) in [5.74, 6) is 0.769. The molecule has 3 heteroatoms. The Labute approximate surface area is 113 Å². The van der Waals surface area contributed by atoms with E-state index in [1.807, 2.05) is 36.4 Å². The molecule has 0 aliphatic heterocycles. The van der Waals surface area contributed by atoms with E-state index in [2.05, 4.69) is 11.9 Å². The predicted octanol–water partition coefficient (Wildman–Crippen LogP) is 3.15. The molecule has 2 rings (SSSR count). The fourth-order valence-electron chi connectivity index (χ4n) is 1.95. The van der Waals surface area contributed by atoms with Crippen LogP contribution in [0.4, 0.5) is 0 Å². The molecule has 0 aliphatic carbocycles. The fourth-order valence-corrected chi connectivity index (χ4v) is 1.95. The van der Waals surface area contributed by atoms with Crippen LogP contribution in [-0.2, 0) is 6.42 Å². The third kappa shape index (κ3) is 3.80. The van der Waals surface area contributed by atoms with Crippen LogP contribution < -0.4 is 4.74 Å². The van der Waals surface area contributed by atoms with Gasteiger partial charge in [-0.2, -0.15) is 0 Å². The molecular formula is C16H19NO2. The zero-order chi connectivity index (χ0) is 13.5. The van der Waals surface area contributed by atoms with Gasteiger partial charge < -0.3 is 9.84 Å². The van der Waals surface area contributed by atoms with E-state index in [1.165, 1.54) is 0 Å². The van der Waals surface area contributed by atoms with Gasteiger partial charge in [0.15, 0.2) is 0 Å².